The molecule has 0 aromatic heterocycles. The van der Waals surface area contributed by atoms with Crippen LogP contribution in [-0.4, -0.2) is 22.9 Å². The highest BCUT2D eigenvalue weighted by atomic mass is 16.7. The van der Waals surface area contributed by atoms with Crippen molar-refractivity contribution >= 4 is 17.3 Å². The average molecular weight is 231 g/mol. The minimum Gasteiger partial charge on any atom is -0.372 e. The van der Waals surface area contributed by atoms with Crippen LogP contribution < -0.4 is 0 Å². The Morgan fingerprint density at radius 3 is 2.24 bits per heavy atom. The van der Waals surface area contributed by atoms with Crippen molar-refractivity contribution in [1.82, 2.24) is 0 Å². The summed E-state index contributed by atoms with van der Waals surface area (Å²) in [6.07, 6.45) is 0.210. The molecule has 0 saturated heterocycles. The van der Waals surface area contributed by atoms with Gasteiger partial charge in [0, 0.05) is 0 Å². The fraction of sp³-hybridized carbons (Fsp3) is 0.308. The van der Waals surface area contributed by atoms with Gasteiger partial charge in [-0.1, -0.05) is 35.5 Å². The van der Waals surface area contributed by atoms with Crippen molar-refractivity contribution in [3.05, 3.63) is 35.9 Å². The number of rotatable bonds is 3. The van der Waals surface area contributed by atoms with Gasteiger partial charge in [-0.15, -0.1) is 0 Å². The number of carbonyl (C=O) groups is 2. The van der Waals surface area contributed by atoms with Crippen molar-refractivity contribution in [1.29, 1.82) is 0 Å². The third kappa shape index (κ3) is 1.86. The Labute approximate surface area is 99.3 Å². The summed E-state index contributed by atoms with van der Waals surface area (Å²) in [6, 6.07) is 9.39. The van der Waals surface area contributed by atoms with E-state index in [-0.39, 0.29) is 18.0 Å². The van der Waals surface area contributed by atoms with Crippen molar-refractivity contribution < 1.29 is 14.4 Å². The summed E-state index contributed by atoms with van der Waals surface area (Å²) >= 11 is 0. The second-order valence-electron chi connectivity index (χ2n) is 4.11. The Balaban J connectivity index is 2.29. The van der Waals surface area contributed by atoms with Crippen molar-refractivity contribution in [2.45, 2.75) is 25.9 Å². The van der Waals surface area contributed by atoms with Crippen LogP contribution in [0.3, 0.4) is 0 Å². The number of hydrogen-bond donors (Lipinski definition) is 0. The second kappa shape index (κ2) is 4.13. The number of nitrogens with zero attached hydrogens (tertiary/aromatic N) is 1. The van der Waals surface area contributed by atoms with E-state index in [0.29, 0.717) is 5.71 Å². The van der Waals surface area contributed by atoms with Crippen LogP contribution in [0.25, 0.3) is 0 Å². The summed E-state index contributed by atoms with van der Waals surface area (Å²) in [5, 5.41) is 3.88. The number of carbonyl (C=O) groups excluding carboxylic acids is 2. The van der Waals surface area contributed by atoms with E-state index in [1.54, 1.807) is 0 Å². The maximum Gasteiger partial charge on any atom is 0.257 e. The molecule has 0 radical (unpaired) electrons. The molecule has 17 heavy (non-hydrogen) atoms. The molecule has 88 valence electrons. The summed E-state index contributed by atoms with van der Waals surface area (Å²) < 4.78 is 0. The van der Waals surface area contributed by atoms with Gasteiger partial charge in [0.05, 0.1) is 12.1 Å². The predicted octanol–water partition coefficient (Wildman–Crippen LogP) is 1.73. The summed E-state index contributed by atoms with van der Waals surface area (Å²) in [7, 11) is 0. The molecule has 1 aromatic carbocycles. The minimum atomic E-state index is -1.41. The first kappa shape index (κ1) is 11.5. The highest BCUT2D eigenvalue weighted by Gasteiger charge is 2.48. The summed E-state index contributed by atoms with van der Waals surface area (Å²) in [4.78, 5) is 28.3. The van der Waals surface area contributed by atoms with Crippen molar-refractivity contribution in [2.24, 2.45) is 5.16 Å². The van der Waals surface area contributed by atoms with Gasteiger partial charge in [-0.2, -0.15) is 0 Å². The van der Waals surface area contributed by atoms with Crippen molar-refractivity contribution in [3.8, 4) is 0 Å². The second-order valence-corrected chi connectivity index (χ2v) is 4.11. The van der Waals surface area contributed by atoms with E-state index in [2.05, 4.69) is 5.16 Å². The Bertz CT molecular complexity index is 477. The summed E-state index contributed by atoms with van der Waals surface area (Å²) in [6.45, 7) is 2.70. The molecule has 1 aliphatic rings. The molecule has 0 fully saturated rings. The number of hydrogen-bond acceptors (Lipinski definition) is 4. The van der Waals surface area contributed by atoms with E-state index in [1.807, 2.05) is 30.3 Å². The monoisotopic (exact) mass is 231 g/mol. The maximum absolute atomic E-state index is 11.6. The molecule has 0 unspecified atom stereocenters. The molecule has 4 nitrogen and oxygen atoms in total. The smallest absolute Gasteiger partial charge is 0.257 e. The maximum atomic E-state index is 11.6. The zero-order valence-electron chi connectivity index (χ0n) is 9.77. The van der Waals surface area contributed by atoms with Crippen LogP contribution in [-0.2, 0) is 14.4 Å². The van der Waals surface area contributed by atoms with E-state index in [9.17, 15) is 9.59 Å². The lowest BCUT2D eigenvalue weighted by Crippen LogP contribution is -2.44. The standard InChI is InChI=1S/C13H13NO3/c1-9(15)13(10(2)16)8-12(14-17-13)11-6-4-3-5-7-11/h3-7H,8H2,1-2H3. The molecule has 0 bridgehead atoms. The van der Waals surface area contributed by atoms with Crippen LogP contribution in [0.2, 0.25) is 0 Å². The van der Waals surface area contributed by atoms with Gasteiger partial charge >= 0.3 is 0 Å². The van der Waals surface area contributed by atoms with E-state index in [1.165, 1.54) is 13.8 Å². The highest BCUT2D eigenvalue weighted by Crippen LogP contribution is 2.28. The van der Waals surface area contributed by atoms with Gasteiger partial charge in [-0.25, -0.2) is 0 Å². The molecule has 0 atom stereocenters. The number of Topliss-reactive ketones (excluding diaryl/α,β-unsaturated/α-hetero) is 2. The molecule has 0 spiro atoms. The highest BCUT2D eigenvalue weighted by molar-refractivity contribution is 6.16. The molecule has 1 aliphatic heterocycles. The SMILES string of the molecule is CC(=O)C1(C(C)=O)CC(c2ccccc2)=NO1. The van der Waals surface area contributed by atoms with Gasteiger partial charge in [0.1, 0.15) is 0 Å². The molecule has 2 rings (SSSR count). The lowest BCUT2D eigenvalue weighted by atomic mass is 9.88. The van der Waals surface area contributed by atoms with E-state index in [0.717, 1.165) is 5.56 Å². The zero-order chi connectivity index (χ0) is 12.5. The van der Waals surface area contributed by atoms with E-state index < -0.39 is 5.60 Å². The first-order chi connectivity index (χ1) is 8.06. The van der Waals surface area contributed by atoms with Crippen LogP contribution in [0.1, 0.15) is 25.8 Å². The number of oxime groups is 1. The largest absolute Gasteiger partial charge is 0.372 e. The Hall–Kier alpha value is -1.97. The molecular formula is C13H13NO3. The topological polar surface area (TPSA) is 55.7 Å². The van der Waals surface area contributed by atoms with Gasteiger partial charge in [-0.05, 0) is 19.4 Å². The predicted molar refractivity (Wildman–Crippen MR) is 62.8 cm³/mol. The van der Waals surface area contributed by atoms with E-state index >= 15 is 0 Å². The summed E-state index contributed by atoms with van der Waals surface area (Å²) in [5.41, 5.74) is 0.0958. The van der Waals surface area contributed by atoms with Gasteiger partial charge in [0.15, 0.2) is 11.6 Å². The third-order valence-electron chi connectivity index (χ3n) is 2.97. The molecular weight excluding hydrogens is 218 g/mol. The molecule has 0 saturated carbocycles. The van der Waals surface area contributed by atoms with Crippen LogP contribution in [0.15, 0.2) is 35.5 Å². The average Bonchev–Trinajstić information content (AvgIpc) is 2.76. The first-order valence-electron chi connectivity index (χ1n) is 5.39. The molecule has 0 amide bonds. The van der Waals surface area contributed by atoms with Gasteiger partial charge in [0.2, 0.25) is 0 Å². The van der Waals surface area contributed by atoms with Crippen LogP contribution >= 0.6 is 0 Å². The lowest BCUT2D eigenvalue weighted by molar-refractivity contribution is -0.152. The minimum absolute atomic E-state index is 0.210. The Morgan fingerprint density at radius 2 is 1.76 bits per heavy atom. The fourth-order valence-corrected chi connectivity index (χ4v) is 1.84. The summed E-state index contributed by atoms with van der Waals surface area (Å²) in [5.74, 6) is -0.612. The fourth-order valence-electron chi connectivity index (χ4n) is 1.84. The Morgan fingerprint density at radius 1 is 1.18 bits per heavy atom. The van der Waals surface area contributed by atoms with Crippen molar-refractivity contribution in [2.75, 3.05) is 0 Å². The molecule has 0 N–H and O–H groups in total. The first-order valence-corrected chi connectivity index (χ1v) is 5.39. The zero-order valence-corrected chi connectivity index (χ0v) is 9.77. The molecule has 1 aromatic rings. The number of ketones is 2. The lowest BCUT2D eigenvalue weighted by Gasteiger charge is -2.19. The van der Waals surface area contributed by atoms with Crippen LogP contribution in [0, 0.1) is 0 Å². The quantitative estimate of drug-likeness (QED) is 0.744. The van der Waals surface area contributed by atoms with Crippen molar-refractivity contribution in [3.63, 3.8) is 0 Å². The van der Waals surface area contributed by atoms with Gasteiger partial charge in [-0.3, -0.25) is 9.59 Å². The molecule has 4 heteroatoms. The van der Waals surface area contributed by atoms with Crippen LogP contribution in [0.5, 0.6) is 0 Å². The molecule has 0 aliphatic carbocycles. The third-order valence-corrected chi connectivity index (χ3v) is 2.97. The molecule has 1 heterocycles. The number of benzene rings is 1. The Kier molecular flexibility index (Phi) is 2.79. The van der Waals surface area contributed by atoms with E-state index in [4.69, 9.17) is 4.84 Å². The van der Waals surface area contributed by atoms with Gasteiger partial charge < -0.3 is 4.84 Å². The van der Waals surface area contributed by atoms with Crippen LogP contribution in [0.4, 0.5) is 0 Å². The van der Waals surface area contributed by atoms with Gasteiger partial charge in [0.25, 0.3) is 5.60 Å². The normalized spacial score (nSPS) is 17.2.